The van der Waals surface area contributed by atoms with Crippen LogP contribution in [0.5, 0.6) is 0 Å². The quantitative estimate of drug-likeness (QED) is 0.156. The third-order valence-corrected chi connectivity index (χ3v) is 13.4. The lowest BCUT2D eigenvalue weighted by molar-refractivity contribution is 0.660. The molecule has 12 rings (SSSR count). The van der Waals surface area contributed by atoms with Gasteiger partial charge in [0, 0.05) is 38.9 Å². The standard InChI is InChI=1S/C61H44N2/c1-61(2)55-25-12-11-23-53(55)54-37-36-50(40-56(54)61)62(49-21-13-20-46(39-49)42-17-7-4-8-18-42)47-32-34-48(35-33-47)63-57-26-14-24-52(45-29-27-43(28-30-45)41-15-5-3-6-16-41)59(57)60-51-22-10-9-19-44(51)31-38-58(60)63/h3-40H,1-2H3. The van der Waals surface area contributed by atoms with Gasteiger partial charge in [0.05, 0.1) is 11.0 Å². The van der Waals surface area contributed by atoms with Gasteiger partial charge in [-0.3, -0.25) is 0 Å². The lowest BCUT2D eigenvalue weighted by Crippen LogP contribution is -2.16. The molecule has 1 aliphatic carbocycles. The number of nitrogens with zero attached hydrogens (tertiary/aromatic N) is 2. The minimum Gasteiger partial charge on any atom is -0.310 e. The third-order valence-electron chi connectivity index (χ3n) is 13.4. The van der Waals surface area contributed by atoms with E-state index in [2.05, 4.69) is 254 Å². The van der Waals surface area contributed by atoms with E-state index in [4.69, 9.17) is 0 Å². The minimum absolute atomic E-state index is 0.118. The molecule has 298 valence electrons. The highest BCUT2D eigenvalue weighted by Gasteiger charge is 2.35. The lowest BCUT2D eigenvalue weighted by Gasteiger charge is -2.28. The van der Waals surface area contributed by atoms with Crippen LogP contribution in [-0.2, 0) is 5.41 Å². The summed E-state index contributed by atoms with van der Waals surface area (Å²) >= 11 is 0. The molecule has 0 spiro atoms. The molecule has 0 N–H and O–H groups in total. The topological polar surface area (TPSA) is 8.17 Å². The number of hydrogen-bond donors (Lipinski definition) is 0. The number of fused-ring (bicyclic) bond motifs is 8. The zero-order valence-electron chi connectivity index (χ0n) is 35.3. The molecule has 0 saturated heterocycles. The molecule has 63 heavy (non-hydrogen) atoms. The Bertz CT molecular complexity index is 3500. The summed E-state index contributed by atoms with van der Waals surface area (Å²) in [6.07, 6.45) is 0. The van der Waals surface area contributed by atoms with Crippen LogP contribution in [0.3, 0.4) is 0 Å². The largest absolute Gasteiger partial charge is 0.310 e. The smallest absolute Gasteiger partial charge is 0.0547 e. The zero-order valence-corrected chi connectivity index (χ0v) is 35.3. The molecule has 2 heteroatoms. The van der Waals surface area contributed by atoms with E-state index in [-0.39, 0.29) is 5.41 Å². The van der Waals surface area contributed by atoms with Crippen molar-refractivity contribution < 1.29 is 0 Å². The normalized spacial score (nSPS) is 12.7. The molecule has 1 aromatic heterocycles. The highest BCUT2D eigenvalue weighted by Crippen LogP contribution is 2.51. The van der Waals surface area contributed by atoms with Crippen LogP contribution in [0.4, 0.5) is 17.1 Å². The lowest BCUT2D eigenvalue weighted by atomic mass is 9.82. The average Bonchev–Trinajstić information content (AvgIpc) is 3.81. The van der Waals surface area contributed by atoms with Gasteiger partial charge in [0.2, 0.25) is 0 Å². The van der Waals surface area contributed by atoms with Gasteiger partial charge in [-0.05, 0) is 127 Å². The molecular weight excluding hydrogens is 761 g/mol. The first-order chi connectivity index (χ1) is 31.0. The molecule has 10 aromatic carbocycles. The maximum Gasteiger partial charge on any atom is 0.0547 e. The fraction of sp³-hybridized carbons (Fsp3) is 0.0492. The fourth-order valence-corrected chi connectivity index (χ4v) is 10.3. The Balaban J connectivity index is 1.02. The van der Waals surface area contributed by atoms with Crippen LogP contribution in [0.15, 0.2) is 231 Å². The summed E-state index contributed by atoms with van der Waals surface area (Å²) in [6.45, 7) is 4.72. The van der Waals surface area contributed by atoms with Crippen molar-refractivity contribution in [1.29, 1.82) is 0 Å². The molecule has 11 aromatic rings. The summed E-state index contributed by atoms with van der Waals surface area (Å²) in [5, 5.41) is 5.04. The molecular formula is C61H44N2. The van der Waals surface area contributed by atoms with E-state index in [1.165, 1.54) is 88.2 Å². The van der Waals surface area contributed by atoms with Crippen LogP contribution >= 0.6 is 0 Å². The van der Waals surface area contributed by atoms with Gasteiger partial charge in [-0.1, -0.05) is 184 Å². The molecule has 0 saturated carbocycles. The predicted molar refractivity (Wildman–Crippen MR) is 267 cm³/mol. The van der Waals surface area contributed by atoms with Gasteiger partial charge in [-0.25, -0.2) is 0 Å². The van der Waals surface area contributed by atoms with Crippen LogP contribution in [0.2, 0.25) is 0 Å². The molecule has 0 bridgehead atoms. The highest BCUT2D eigenvalue weighted by atomic mass is 15.1. The average molecular weight is 805 g/mol. The molecule has 1 heterocycles. The van der Waals surface area contributed by atoms with Gasteiger partial charge in [0.15, 0.2) is 0 Å². The Morgan fingerprint density at radius 2 is 0.921 bits per heavy atom. The number of benzene rings is 10. The maximum absolute atomic E-state index is 2.46. The van der Waals surface area contributed by atoms with E-state index >= 15 is 0 Å². The third kappa shape index (κ3) is 6.02. The van der Waals surface area contributed by atoms with E-state index in [0.717, 1.165) is 22.7 Å². The Kier molecular flexibility index (Phi) is 8.55. The Morgan fingerprint density at radius 1 is 0.349 bits per heavy atom. The number of aromatic nitrogens is 1. The van der Waals surface area contributed by atoms with Crippen molar-refractivity contribution in [2.45, 2.75) is 19.3 Å². The second-order valence-electron chi connectivity index (χ2n) is 17.3. The van der Waals surface area contributed by atoms with Crippen LogP contribution < -0.4 is 4.90 Å². The summed E-state index contributed by atoms with van der Waals surface area (Å²) < 4.78 is 2.46. The number of hydrogen-bond acceptors (Lipinski definition) is 1. The van der Waals surface area contributed by atoms with Crippen LogP contribution in [0.1, 0.15) is 25.0 Å². The summed E-state index contributed by atoms with van der Waals surface area (Å²) in [7, 11) is 0. The molecule has 0 atom stereocenters. The fourth-order valence-electron chi connectivity index (χ4n) is 10.3. The Hall–Kier alpha value is -7.94. The molecule has 0 fully saturated rings. The van der Waals surface area contributed by atoms with Crippen molar-refractivity contribution in [2.75, 3.05) is 4.90 Å². The number of rotatable bonds is 7. The van der Waals surface area contributed by atoms with E-state index in [1.807, 2.05) is 0 Å². The monoisotopic (exact) mass is 804 g/mol. The molecule has 0 radical (unpaired) electrons. The summed E-state index contributed by atoms with van der Waals surface area (Å²) in [5.74, 6) is 0. The van der Waals surface area contributed by atoms with Crippen LogP contribution in [0.25, 0.3) is 82.8 Å². The predicted octanol–water partition coefficient (Wildman–Crippen LogP) is 16.7. The molecule has 1 aliphatic rings. The Morgan fingerprint density at radius 3 is 1.71 bits per heavy atom. The van der Waals surface area contributed by atoms with Crippen molar-refractivity contribution in [1.82, 2.24) is 4.57 Å². The van der Waals surface area contributed by atoms with Gasteiger partial charge < -0.3 is 9.47 Å². The second kappa shape index (κ2) is 14.6. The van der Waals surface area contributed by atoms with Crippen molar-refractivity contribution in [3.05, 3.63) is 242 Å². The van der Waals surface area contributed by atoms with E-state index in [9.17, 15) is 0 Å². The van der Waals surface area contributed by atoms with E-state index in [0.29, 0.717) is 0 Å². The van der Waals surface area contributed by atoms with Gasteiger partial charge >= 0.3 is 0 Å². The minimum atomic E-state index is -0.118. The van der Waals surface area contributed by atoms with Gasteiger partial charge in [-0.2, -0.15) is 0 Å². The first-order valence-electron chi connectivity index (χ1n) is 21.9. The van der Waals surface area contributed by atoms with E-state index < -0.39 is 0 Å². The van der Waals surface area contributed by atoms with Gasteiger partial charge in [0.1, 0.15) is 0 Å². The van der Waals surface area contributed by atoms with Crippen molar-refractivity contribution >= 4 is 49.6 Å². The van der Waals surface area contributed by atoms with Gasteiger partial charge in [0.25, 0.3) is 0 Å². The first kappa shape index (κ1) is 36.9. The molecule has 0 aliphatic heterocycles. The van der Waals surface area contributed by atoms with Crippen LogP contribution in [0, 0.1) is 0 Å². The molecule has 0 unspecified atom stereocenters. The first-order valence-corrected chi connectivity index (χ1v) is 21.9. The van der Waals surface area contributed by atoms with Crippen molar-refractivity contribution in [2.24, 2.45) is 0 Å². The van der Waals surface area contributed by atoms with Gasteiger partial charge in [-0.15, -0.1) is 0 Å². The van der Waals surface area contributed by atoms with Crippen LogP contribution in [-0.4, -0.2) is 4.57 Å². The SMILES string of the molecule is CC1(C)c2ccccc2-c2ccc(N(c3ccc(-n4c5cccc(-c6ccc(-c7ccccc7)cc6)c5c5c6ccccc6ccc54)cc3)c3cccc(-c4ccccc4)c3)cc21. The van der Waals surface area contributed by atoms with E-state index in [1.54, 1.807) is 0 Å². The summed E-state index contributed by atoms with van der Waals surface area (Å²) in [6, 6.07) is 84.6. The Labute approximate surface area is 368 Å². The highest BCUT2D eigenvalue weighted by molar-refractivity contribution is 6.25. The zero-order chi connectivity index (χ0) is 42.1. The second-order valence-corrected chi connectivity index (χ2v) is 17.3. The van der Waals surface area contributed by atoms with Crippen molar-refractivity contribution in [3.63, 3.8) is 0 Å². The summed E-state index contributed by atoms with van der Waals surface area (Å²) in [4.78, 5) is 2.42. The molecule has 0 amide bonds. The van der Waals surface area contributed by atoms with Crippen molar-refractivity contribution in [3.8, 4) is 50.2 Å². The molecule has 2 nitrogen and oxygen atoms in total. The maximum atomic E-state index is 2.46. The summed E-state index contributed by atoms with van der Waals surface area (Å²) in [5.41, 5.74) is 19.4. The number of anilines is 3.